The van der Waals surface area contributed by atoms with Gasteiger partial charge in [-0.3, -0.25) is 9.36 Å². The molecular formula is C17H14N2O3. The number of methoxy groups -OCH3 is 1. The van der Waals surface area contributed by atoms with Gasteiger partial charge in [-0.05, 0) is 24.3 Å². The number of ether oxygens (including phenoxy) is 2. The lowest BCUT2D eigenvalue weighted by Gasteiger charge is -2.15. The minimum absolute atomic E-state index is 0.00902. The van der Waals surface area contributed by atoms with Crippen LogP contribution in [0.5, 0.6) is 11.6 Å². The van der Waals surface area contributed by atoms with Crippen LogP contribution in [0.25, 0.3) is 16.7 Å². The van der Waals surface area contributed by atoms with E-state index in [-0.39, 0.29) is 5.43 Å². The van der Waals surface area contributed by atoms with Crippen molar-refractivity contribution in [2.45, 2.75) is 6.42 Å². The minimum atomic E-state index is 0.00902. The number of hydrogen-bond donors (Lipinski definition) is 0. The van der Waals surface area contributed by atoms with Gasteiger partial charge in [-0.1, -0.05) is 6.07 Å². The van der Waals surface area contributed by atoms with E-state index in [9.17, 15) is 4.79 Å². The Hall–Kier alpha value is -2.82. The zero-order valence-electron chi connectivity index (χ0n) is 12.1. The van der Waals surface area contributed by atoms with E-state index >= 15 is 0 Å². The molecule has 0 N–H and O–H groups in total. The summed E-state index contributed by atoms with van der Waals surface area (Å²) in [6.45, 7) is 0.519. The van der Waals surface area contributed by atoms with E-state index in [4.69, 9.17) is 9.47 Å². The Labute approximate surface area is 126 Å². The van der Waals surface area contributed by atoms with Crippen LogP contribution < -0.4 is 14.9 Å². The third kappa shape index (κ3) is 1.79. The van der Waals surface area contributed by atoms with Crippen molar-refractivity contribution in [1.29, 1.82) is 0 Å². The number of hydrogen-bond acceptors (Lipinski definition) is 4. The molecule has 3 aromatic rings. The molecule has 1 aromatic carbocycles. The summed E-state index contributed by atoms with van der Waals surface area (Å²) < 4.78 is 12.9. The molecule has 5 nitrogen and oxygen atoms in total. The molecule has 0 saturated carbocycles. The summed E-state index contributed by atoms with van der Waals surface area (Å²) in [6, 6.07) is 11.2. The number of fused-ring (bicyclic) bond motifs is 2. The van der Waals surface area contributed by atoms with Crippen LogP contribution in [0.1, 0.15) is 5.56 Å². The molecule has 0 amide bonds. The van der Waals surface area contributed by atoms with E-state index in [1.54, 1.807) is 25.4 Å². The Morgan fingerprint density at radius 3 is 3.05 bits per heavy atom. The first-order valence-corrected chi connectivity index (χ1v) is 7.09. The second-order valence-corrected chi connectivity index (χ2v) is 5.12. The SMILES string of the molecule is COc1cccc(-n2c3c(c(=O)c4cccnc42)CCO3)c1. The summed E-state index contributed by atoms with van der Waals surface area (Å²) in [5.74, 6) is 1.33. The predicted molar refractivity (Wildman–Crippen MR) is 83.1 cm³/mol. The Bertz CT molecular complexity index is 931. The number of nitrogens with zero attached hydrogens (tertiary/aromatic N) is 2. The first kappa shape index (κ1) is 12.9. The van der Waals surface area contributed by atoms with Gasteiger partial charge in [-0.15, -0.1) is 0 Å². The second-order valence-electron chi connectivity index (χ2n) is 5.12. The zero-order chi connectivity index (χ0) is 15.1. The fraction of sp³-hybridized carbons (Fsp3) is 0.176. The highest BCUT2D eigenvalue weighted by Gasteiger charge is 2.24. The van der Waals surface area contributed by atoms with Crippen molar-refractivity contribution in [1.82, 2.24) is 9.55 Å². The minimum Gasteiger partial charge on any atom is -0.497 e. The average Bonchev–Trinajstić information content (AvgIpc) is 3.05. The van der Waals surface area contributed by atoms with Gasteiger partial charge in [0.15, 0.2) is 11.1 Å². The highest BCUT2D eigenvalue weighted by Crippen LogP contribution is 2.31. The summed E-state index contributed by atoms with van der Waals surface area (Å²) in [7, 11) is 1.63. The van der Waals surface area contributed by atoms with Crippen molar-refractivity contribution in [3.63, 3.8) is 0 Å². The monoisotopic (exact) mass is 294 g/mol. The van der Waals surface area contributed by atoms with Crippen molar-refractivity contribution < 1.29 is 9.47 Å². The highest BCUT2D eigenvalue weighted by molar-refractivity contribution is 5.79. The van der Waals surface area contributed by atoms with Gasteiger partial charge in [0.05, 0.1) is 30.4 Å². The summed E-state index contributed by atoms with van der Waals surface area (Å²) >= 11 is 0. The average molecular weight is 294 g/mol. The molecular weight excluding hydrogens is 280 g/mol. The molecule has 0 spiro atoms. The Morgan fingerprint density at radius 2 is 2.18 bits per heavy atom. The van der Waals surface area contributed by atoms with Crippen LogP contribution in [-0.2, 0) is 6.42 Å². The van der Waals surface area contributed by atoms with Gasteiger partial charge in [-0.25, -0.2) is 4.98 Å². The topological polar surface area (TPSA) is 53.4 Å². The first-order valence-electron chi connectivity index (χ1n) is 7.09. The lowest BCUT2D eigenvalue weighted by molar-refractivity contribution is 0.338. The van der Waals surface area contributed by atoms with Crippen molar-refractivity contribution in [3.05, 3.63) is 58.4 Å². The molecule has 0 atom stereocenters. The van der Waals surface area contributed by atoms with E-state index in [2.05, 4.69) is 4.98 Å². The molecule has 2 aromatic heterocycles. The normalized spacial score (nSPS) is 13.0. The van der Waals surface area contributed by atoms with Crippen LogP contribution in [0.3, 0.4) is 0 Å². The van der Waals surface area contributed by atoms with Crippen LogP contribution in [0.15, 0.2) is 47.4 Å². The molecule has 1 aliphatic heterocycles. The Kier molecular flexibility index (Phi) is 2.85. The number of pyridine rings is 2. The molecule has 0 unspecified atom stereocenters. The largest absolute Gasteiger partial charge is 0.497 e. The Balaban J connectivity index is 2.13. The predicted octanol–water partition coefficient (Wildman–Crippen LogP) is 2.33. The fourth-order valence-corrected chi connectivity index (χ4v) is 2.85. The molecule has 1 aliphatic rings. The van der Waals surface area contributed by atoms with Crippen LogP contribution in [0, 0.1) is 0 Å². The quantitative estimate of drug-likeness (QED) is 0.728. The number of rotatable bonds is 2. The molecule has 110 valence electrons. The first-order chi connectivity index (χ1) is 10.8. The van der Waals surface area contributed by atoms with E-state index < -0.39 is 0 Å². The molecule has 5 heteroatoms. The van der Waals surface area contributed by atoms with Gasteiger partial charge in [0.1, 0.15) is 5.75 Å². The van der Waals surface area contributed by atoms with E-state index in [0.717, 1.165) is 11.4 Å². The third-order valence-electron chi connectivity index (χ3n) is 3.88. The molecule has 0 radical (unpaired) electrons. The molecule has 0 fully saturated rings. The highest BCUT2D eigenvalue weighted by atomic mass is 16.5. The van der Waals surface area contributed by atoms with E-state index in [0.29, 0.717) is 35.5 Å². The lowest BCUT2D eigenvalue weighted by atomic mass is 10.1. The van der Waals surface area contributed by atoms with Crippen molar-refractivity contribution in [3.8, 4) is 17.3 Å². The van der Waals surface area contributed by atoms with Gasteiger partial charge in [0.25, 0.3) is 0 Å². The molecule has 0 saturated heterocycles. The molecule has 0 aliphatic carbocycles. The Morgan fingerprint density at radius 1 is 1.27 bits per heavy atom. The maximum atomic E-state index is 12.6. The van der Waals surface area contributed by atoms with Gasteiger partial charge in [0, 0.05) is 18.7 Å². The van der Waals surface area contributed by atoms with Gasteiger partial charge in [0.2, 0.25) is 5.88 Å². The lowest BCUT2D eigenvalue weighted by Crippen LogP contribution is -2.14. The second kappa shape index (κ2) is 4.87. The number of aromatic nitrogens is 2. The van der Waals surface area contributed by atoms with Crippen molar-refractivity contribution in [2.75, 3.05) is 13.7 Å². The summed E-state index contributed by atoms with van der Waals surface area (Å²) in [4.78, 5) is 17.0. The fourth-order valence-electron chi connectivity index (χ4n) is 2.85. The standard InChI is InChI=1S/C17H14N2O3/c1-21-12-5-2-4-11(10-12)19-16-13(6-3-8-18-16)15(20)14-7-9-22-17(14)19/h2-6,8,10H,7,9H2,1H3. The van der Waals surface area contributed by atoms with Crippen LogP contribution in [-0.4, -0.2) is 23.3 Å². The summed E-state index contributed by atoms with van der Waals surface area (Å²) in [5.41, 5.74) is 2.18. The van der Waals surface area contributed by atoms with E-state index in [1.807, 2.05) is 28.8 Å². The van der Waals surface area contributed by atoms with Crippen LogP contribution >= 0.6 is 0 Å². The van der Waals surface area contributed by atoms with Crippen molar-refractivity contribution in [2.24, 2.45) is 0 Å². The molecule has 3 heterocycles. The maximum absolute atomic E-state index is 12.6. The van der Waals surface area contributed by atoms with Gasteiger partial charge >= 0.3 is 0 Å². The number of benzene rings is 1. The molecule has 4 rings (SSSR count). The van der Waals surface area contributed by atoms with Gasteiger partial charge < -0.3 is 9.47 Å². The molecule has 0 bridgehead atoms. The summed E-state index contributed by atoms with van der Waals surface area (Å²) in [6.07, 6.45) is 2.31. The summed E-state index contributed by atoms with van der Waals surface area (Å²) in [5, 5.41) is 0.606. The smallest absolute Gasteiger partial charge is 0.207 e. The van der Waals surface area contributed by atoms with Crippen LogP contribution in [0.4, 0.5) is 0 Å². The van der Waals surface area contributed by atoms with E-state index in [1.165, 1.54) is 0 Å². The van der Waals surface area contributed by atoms with Crippen molar-refractivity contribution >= 4 is 11.0 Å². The zero-order valence-corrected chi connectivity index (χ0v) is 12.1. The van der Waals surface area contributed by atoms with Crippen LogP contribution in [0.2, 0.25) is 0 Å². The maximum Gasteiger partial charge on any atom is 0.207 e. The van der Waals surface area contributed by atoms with Gasteiger partial charge in [-0.2, -0.15) is 0 Å². The molecule has 22 heavy (non-hydrogen) atoms. The third-order valence-corrected chi connectivity index (χ3v) is 3.88.